The van der Waals surface area contributed by atoms with E-state index in [1.54, 1.807) is 6.20 Å². The molecule has 1 atom stereocenters. The predicted molar refractivity (Wildman–Crippen MR) is 72.6 cm³/mol. The van der Waals surface area contributed by atoms with E-state index in [0.717, 1.165) is 16.1 Å². The van der Waals surface area contributed by atoms with Gasteiger partial charge in [-0.25, -0.2) is 4.98 Å². The largest absolute Gasteiger partial charge is 0.473 e. The van der Waals surface area contributed by atoms with E-state index in [-0.39, 0.29) is 6.04 Å². The molecule has 0 aliphatic heterocycles. The summed E-state index contributed by atoms with van der Waals surface area (Å²) >= 11 is 5.81. The predicted octanol–water partition coefficient (Wildman–Crippen LogP) is 3.33. The smallest absolute Gasteiger partial charge is 0.213 e. The average molecular weight is 263 g/mol. The van der Waals surface area contributed by atoms with Crippen LogP contribution in [0.3, 0.4) is 0 Å². The van der Waals surface area contributed by atoms with Crippen LogP contribution in [0.15, 0.2) is 42.6 Å². The number of nitrogens with two attached hydrogens (primary N) is 1. The van der Waals surface area contributed by atoms with E-state index in [9.17, 15) is 0 Å². The normalized spacial score (nSPS) is 12.2. The first kappa shape index (κ1) is 12.9. The van der Waals surface area contributed by atoms with Gasteiger partial charge in [0.15, 0.2) is 0 Å². The molecule has 2 N–H and O–H groups in total. The first-order valence-electron chi connectivity index (χ1n) is 5.74. The lowest BCUT2D eigenvalue weighted by Crippen LogP contribution is -2.05. The molecule has 0 amide bonds. The molecule has 0 fully saturated rings. The molecule has 0 aliphatic rings. The fourth-order valence-corrected chi connectivity index (χ4v) is 1.61. The van der Waals surface area contributed by atoms with E-state index >= 15 is 0 Å². The molecule has 0 saturated carbocycles. The maximum atomic E-state index is 5.81. The Morgan fingerprint density at radius 3 is 2.50 bits per heavy atom. The van der Waals surface area contributed by atoms with Crippen molar-refractivity contribution in [1.29, 1.82) is 0 Å². The van der Waals surface area contributed by atoms with E-state index < -0.39 is 0 Å². The number of hydrogen-bond donors (Lipinski definition) is 1. The molecular weight excluding hydrogens is 248 g/mol. The number of aromatic nitrogens is 1. The standard InChI is InChI=1S/C14H15ClN2O/c1-10(16)12-4-7-14(17-8-12)18-9-11-2-5-13(15)6-3-11/h2-8,10H,9,16H2,1H3/t10-/m0/s1. The zero-order valence-electron chi connectivity index (χ0n) is 10.1. The minimum Gasteiger partial charge on any atom is -0.473 e. The maximum absolute atomic E-state index is 5.81. The van der Waals surface area contributed by atoms with E-state index in [1.807, 2.05) is 43.3 Å². The Morgan fingerprint density at radius 2 is 1.94 bits per heavy atom. The monoisotopic (exact) mass is 262 g/mol. The maximum Gasteiger partial charge on any atom is 0.213 e. The number of halogens is 1. The highest BCUT2D eigenvalue weighted by Gasteiger charge is 2.01. The average Bonchev–Trinajstić information content (AvgIpc) is 2.38. The van der Waals surface area contributed by atoms with Crippen LogP contribution >= 0.6 is 11.6 Å². The molecule has 18 heavy (non-hydrogen) atoms. The lowest BCUT2D eigenvalue weighted by Gasteiger charge is -2.08. The van der Waals surface area contributed by atoms with Crippen LogP contribution < -0.4 is 10.5 Å². The number of nitrogens with zero attached hydrogens (tertiary/aromatic N) is 1. The van der Waals surface area contributed by atoms with Crippen LogP contribution in [-0.4, -0.2) is 4.98 Å². The van der Waals surface area contributed by atoms with Crippen LogP contribution in [0, 0.1) is 0 Å². The molecule has 94 valence electrons. The lowest BCUT2D eigenvalue weighted by atomic mass is 10.2. The van der Waals surface area contributed by atoms with Crippen LogP contribution in [0.4, 0.5) is 0 Å². The fourth-order valence-electron chi connectivity index (χ4n) is 1.48. The van der Waals surface area contributed by atoms with Crippen LogP contribution in [0.5, 0.6) is 5.88 Å². The van der Waals surface area contributed by atoms with Gasteiger partial charge in [-0.2, -0.15) is 0 Å². The van der Waals surface area contributed by atoms with Crippen molar-refractivity contribution in [2.75, 3.05) is 0 Å². The summed E-state index contributed by atoms with van der Waals surface area (Å²) in [5, 5.41) is 0.721. The minimum atomic E-state index is -0.0113. The van der Waals surface area contributed by atoms with Gasteiger partial charge in [-0.05, 0) is 30.2 Å². The van der Waals surface area contributed by atoms with Gasteiger partial charge in [0.05, 0.1) is 0 Å². The molecule has 2 aromatic rings. The van der Waals surface area contributed by atoms with Gasteiger partial charge in [-0.3, -0.25) is 0 Å². The van der Waals surface area contributed by atoms with Crippen LogP contribution in [0.1, 0.15) is 24.1 Å². The van der Waals surface area contributed by atoms with Crippen molar-refractivity contribution in [3.8, 4) is 5.88 Å². The molecule has 2 rings (SSSR count). The summed E-state index contributed by atoms with van der Waals surface area (Å²) in [4.78, 5) is 4.20. The van der Waals surface area contributed by atoms with Crippen LogP contribution in [0.25, 0.3) is 0 Å². The Morgan fingerprint density at radius 1 is 1.22 bits per heavy atom. The van der Waals surface area contributed by atoms with Crippen molar-refractivity contribution in [3.63, 3.8) is 0 Å². The summed E-state index contributed by atoms with van der Waals surface area (Å²) in [5.74, 6) is 0.592. The topological polar surface area (TPSA) is 48.1 Å². The van der Waals surface area contributed by atoms with Crippen molar-refractivity contribution < 1.29 is 4.74 Å². The van der Waals surface area contributed by atoms with Gasteiger partial charge in [0.2, 0.25) is 5.88 Å². The molecule has 0 bridgehead atoms. The summed E-state index contributed by atoms with van der Waals surface area (Å²) in [7, 11) is 0. The Balaban J connectivity index is 1.95. The Labute approximate surface area is 112 Å². The van der Waals surface area contributed by atoms with Gasteiger partial charge in [-0.15, -0.1) is 0 Å². The zero-order valence-corrected chi connectivity index (χ0v) is 10.9. The second-order valence-electron chi connectivity index (χ2n) is 4.13. The number of hydrogen-bond acceptors (Lipinski definition) is 3. The van der Waals surface area contributed by atoms with E-state index in [1.165, 1.54) is 0 Å². The molecule has 0 aliphatic carbocycles. The molecule has 1 heterocycles. The van der Waals surface area contributed by atoms with Gasteiger partial charge in [0.1, 0.15) is 6.61 Å². The molecule has 3 nitrogen and oxygen atoms in total. The second kappa shape index (κ2) is 5.85. The second-order valence-corrected chi connectivity index (χ2v) is 4.57. The third kappa shape index (κ3) is 3.45. The highest BCUT2D eigenvalue weighted by atomic mass is 35.5. The SMILES string of the molecule is C[C@H](N)c1ccc(OCc2ccc(Cl)cc2)nc1. The number of rotatable bonds is 4. The summed E-state index contributed by atoms with van der Waals surface area (Å²) in [6.07, 6.45) is 1.74. The molecular formula is C14H15ClN2O. The van der Waals surface area contributed by atoms with E-state index in [2.05, 4.69) is 4.98 Å². The van der Waals surface area contributed by atoms with Crippen LogP contribution in [0.2, 0.25) is 5.02 Å². The van der Waals surface area contributed by atoms with Crippen LogP contribution in [-0.2, 0) is 6.61 Å². The lowest BCUT2D eigenvalue weighted by molar-refractivity contribution is 0.293. The molecule has 4 heteroatoms. The summed E-state index contributed by atoms with van der Waals surface area (Å²) in [5.41, 5.74) is 7.80. The van der Waals surface area contributed by atoms with Crippen molar-refractivity contribution in [2.45, 2.75) is 19.6 Å². The molecule has 0 saturated heterocycles. The molecule has 1 aromatic heterocycles. The van der Waals surface area contributed by atoms with E-state index in [4.69, 9.17) is 22.1 Å². The Kier molecular flexibility index (Phi) is 4.18. The van der Waals surface area contributed by atoms with Gasteiger partial charge >= 0.3 is 0 Å². The molecule has 0 radical (unpaired) electrons. The highest BCUT2D eigenvalue weighted by Crippen LogP contribution is 2.15. The summed E-state index contributed by atoms with van der Waals surface area (Å²) < 4.78 is 5.57. The first-order valence-corrected chi connectivity index (χ1v) is 6.12. The van der Waals surface area contributed by atoms with E-state index in [0.29, 0.717) is 12.5 Å². The third-order valence-corrected chi connectivity index (χ3v) is 2.84. The first-order chi connectivity index (χ1) is 8.65. The molecule has 0 unspecified atom stereocenters. The number of benzene rings is 1. The van der Waals surface area contributed by atoms with Crippen molar-refractivity contribution in [3.05, 3.63) is 58.7 Å². The van der Waals surface area contributed by atoms with Gasteiger partial charge < -0.3 is 10.5 Å². The van der Waals surface area contributed by atoms with Gasteiger partial charge in [-0.1, -0.05) is 29.8 Å². The molecule has 1 aromatic carbocycles. The van der Waals surface area contributed by atoms with Gasteiger partial charge in [0.25, 0.3) is 0 Å². The summed E-state index contributed by atoms with van der Waals surface area (Å²) in [6.45, 7) is 2.40. The van der Waals surface area contributed by atoms with Crippen molar-refractivity contribution >= 4 is 11.6 Å². The number of ether oxygens (including phenoxy) is 1. The summed E-state index contributed by atoms with van der Waals surface area (Å²) in [6, 6.07) is 11.3. The Hall–Kier alpha value is -1.58. The van der Waals surface area contributed by atoms with Crippen molar-refractivity contribution in [1.82, 2.24) is 4.98 Å². The minimum absolute atomic E-state index is 0.0113. The zero-order chi connectivity index (χ0) is 13.0. The quantitative estimate of drug-likeness (QED) is 0.919. The highest BCUT2D eigenvalue weighted by molar-refractivity contribution is 6.30. The fraction of sp³-hybridized carbons (Fsp3) is 0.214. The molecule has 0 spiro atoms. The van der Waals surface area contributed by atoms with Crippen molar-refractivity contribution in [2.24, 2.45) is 5.73 Å². The number of pyridine rings is 1. The van der Waals surface area contributed by atoms with Gasteiger partial charge in [0, 0.05) is 23.3 Å². The Bertz CT molecular complexity index is 494. The third-order valence-electron chi connectivity index (χ3n) is 2.58.